The van der Waals surface area contributed by atoms with Crippen LogP contribution in [0.25, 0.3) is 16.9 Å². The number of hydrogen-bond donors (Lipinski definition) is 1. The molecule has 1 aliphatic heterocycles. The van der Waals surface area contributed by atoms with Crippen molar-refractivity contribution in [3.8, 4) is 11.3 Å². The van der Waals surface area contributed by atoms with Gasteiger partial charge in [-0.3, -0.25) is 19.0 Å². The number of carbonyl (C=O) groups excluding carboxylic acids is 1. The molecule has 30 heavy (non-hydrogen) atoms. The number of amides is 1. The highest BCUT2D eigenvalue weighted by molar-refractivity contribution is 5.94. The van der Waals surface area contributed by atoms with Gasteiger partial charge < -0.3 is 14.6 Å². The molecule has 0 aliphatic carbocycles. The molecular weight excluding hydrogens is 384 g/mol. The van der Waals surface area contributed by atoms with Gasteiger partial charge in [-0.1, -0.05) is 12.1 Å². The summed E-state index contributed by atoms with van der Waals surface area (Å²) in [7, 11) is 0. The maximum Gasteiger partial charge on any atom is 0.290 e. The highest BCUT2D eigenvalue weighted by Gasteiger charge is 2.27. The predicted molar refractivity (Wildman–Crippen MR) is 109 cm³/mol. The second-order valence-corrected chi connectivity index (χ2v) is 6.83. The second kappa shape index (κ2) is 8.56. The summed E-state index contributed by atoms with van der Waals surface area (Å²) >= 11 is 0. The Morgan fingerprint density at radius 2 is 1.87 bits per heavy atom. The lowest BCUT2D eigenvalue weighted by atomic mass is 10.1. The minimum Gasteiger partial charge on any atom is -0.483 e. The van der Waals surface area contributed by atoms with Gasteiger partial charge in [0.1, 0.15) is 0 Å². The molecule has 1 amide bonds. The predicted octanol–water partition coefficient (Wildman–Crippen LogP) is 2.38. The van der Waals surface area contributed by atoms with Gasteiger partial charge in [0.2, 0.25) is 0 Å². The van der Waals surface area contributed by atoms with Gasteiger partial charge in [-0.2, -0.15) is 0 Å². The SMILES string of the molecule is O=C(c1ccc(-c2cnc3cnccn23)cc1)N1CCC(n2ccnc2)C1.O=CO. The van der Waals surface area contributed by atoms with E-state index in [1.54, 1.807) is 18.6 Å². The summed E-state index contributed by atoms with van der Waals surface area (Å²) in [5.41, 5.74) is 3.51. The molecule has 1 unspecified atom stereocenters. The lowest BCUT2D eigenvalue weighted by Crippen LogP contribution is -2.29. The Balaban J connectivity index is 0.000000687. The van der Waals surface area contributed by atoms with E-state index >= 15 is 0 Å². The van der Waals surface area contributed by atoms with Crippen LogP contribution in [0.2, 0.25) is 0 Å². The lowest BCUT2D eigenvalue weighted by Gasteiger charge is -2.17. The number of carboxylic acid groups (broad SMARTS) is 1. The number of likely N-dealkylation sites (tertiary alicyclic amines) is 1. The lowest BCUT2D eigenvalue weighted by molar-refractivity contribution is -0.122. The molecule has 1 saturated heterocycles. The van der Waals surface area contributed by atoms with E-state index in [2.05, 4.69) is 19.5 Å². The van der Waals surface area contributed by atoms with Gasteiger partial charge >= 0.3 is 0 Å². The number of nitrogens with zero attached hydrogens (tertiary/aromatic N) is 6. The average Bonchev–Trinajstić information content (AvgIpc) is 3.54. The summed E-state index contributed by atoms with van der Waals surface area (Å²) < 4.78 is 4.07. The number of carbonyl (C=O) groups is 2. The first-order chi connectivity index (χ1) is 14.7. The van der Waals surface area contributed by atoms with Crippen LogP contribution < -0.4 is 0 Å². The van der Waals surface area contributed by atoms with Crippen molar-refractivity contribution < 1.29 is 14.7 Å². The van der Waals surface area contributed by atoms with E-state index in [4.69, 9.17) is 9.90 Å². The number of aromatic nitrogens is 5. The van der Waals surface area contributed by atoms with Crippen LogP contribution in [0.4, 0.5) is 0 Å². The molecule has 1 aliphatic rings. The number of benzene rings is 1. The zero-order valence-electron chi connectivity index (χ0n) is 16.1. The number of fused-ring (bicyclic) bond motifs is 1. The van der Waals surface area contributed by atoms with E-state index in [9.17, 15) is 4.79 Å². The van der Waals surface area contributed by atoms with Gasteiger partial charge in [-0.05, 0) is 18.6 Å². The molecular formula is C21H20N6O3. The van der Waals surface area contributed by atoms with E-state index in [1.807, 2.05) is 58.5 Å². The highest BCUT2D eigenvalue weighted by Crippen LogP contribution is 2.25. The third kappa shape index (κ3) is 3.77. The van der Waals surface area contributed by atoms with Crippen molar-refractivity contribution in [1.82, 2.24) is 28.8 Å². The summed E-state index contributed by atoms with van der Waals surface area (Å²) in [6.07, 6.45) is 13.7. The molecule has 0 saturated carbocycles. The minimum absolute atomic E-state index is 0.0755. The molecule has 152 valence electrons. The molecule has 0 radical (unpaired) electrons. The first-order valence-corrected chi connectivity index (χ1v) is 9.43. The molecule has 0 bridgehead atoms. The Hall–Kier alpha value is -4.01. The minimum atomic E-state index is -0.250. The Labute approximate surface area is 172 Å². The van der Waals surface area contributed by atoms with Crippen molar-refractivity contribution in [3.63, 3.8) is 0 Å². The summed E-state index contributed by atoms with van der Waals surface area (Å²) in [5, 5.41) is 6.89. The zero-order chi connectivity index (χ0) is 20.9. The summed E-state index contributed by atoms with van der Waals surface area (Å²) in [6, 6.07) is 8.04. The Morgan fingerprint density at radius 1 is 1.10 bits per heavy atom. The quantitative estimate of drug-likeness (QED) is 0.526. The largest absolute Gasteiger partial charge is 0.483 e. The molecule has 4 heterocycles. The Morgan fingerprint density at radius 3 is 2.60 bits per heavy atom. The van der Waals surface area contributed by atoms with Crippen LogP contribution in [-0.4, -0.2) is 59.4 Å². The fourth-order valence-corrected chi connectivity index (χ4v) is 3.68. The van der Waals surface area contributed by atoms with Gasteiger partial charge in [-0.25, -0.2) is 9.97 Å². The van der Waals surface area contributed by atoms with Crippen LogP contribution in [0, 0.1) is 0 Å². The Kier molecular flexibility index (Phi) is 5.51. The van der Waals surface area contributed by atoms with Gasteiger partial charge in [0.15, 0.2) is 5.65 Å². The van der Waals surface area contributed by atoms with Gasteiger partial charge in [0.05, 0.1) is 30.5 Å². The van der Waals surface area contributed by atoms with E-state index in [1.165, 1.54) is 0 Å². The molecule has 5 rings (SSSR count). The fourth-order valence-electron chi connectivity index (χ4n) is 3.68. The standard InChI is InChI=1S/C20H18N6O.CH2O2/c27-20(24-8-5-17(13-24)25-9-6-22-14-25)16-3-1-15(2-4-16)18-11-23-19-12-21-7-10-26(18)19;2-1-3/h1-4,6-7,9-12,14,17H,5,8,13H2;1H,(H,2,3). The van der Waals surface area contributed by atoms with Crippen molar-refractivity contribution in [1.29, 1.82) is 0 Å². The maximum absolute atomic E-state index is 12.8. The summed E-state index contributed by atoms with van der Waals surface area (Å²) in [5.74, 6) is 0.0755. The maximum atomic E-state index is 12.8. The van der Waals surface area contributed by atoms with Gasteiger partial charge in [-0.15, -0.1) is 0 Å². The number of rotatable bonds is 3. The molecule has 9 heteroatoms. The monoisotopic (exact) mass is 404 g/mol. The molecule has 0 spiro atoms. The van der Waals surface area contributed by atoms with Crippen LogP contribution in [0.5, 0.6) is 0 Å². The second-order valence-electron chi connectivity index (χ2n) is 6.83. The van der Waals surface area contributed by atoms with Crippen LogP contribution in [-0.2, 0) is 4.79 Å². The van der Waals surface area contributed by atoms with Crippen LogP contribution in [0.15, 0.2) is 67.8 Å². The van der Waals surface area contributed by atoms with Crippen LogP contribution in [0.1, 0.15) is 22.8 Å². The van der Waals surface area contributed by atoms with Crippen molar-refractivity contribution in [2.24, 2.45) is 0 Å². The molecule has 4 aromatic rings. The smallest absolute Gasteiger partial charge is 0.290 e. The van der Waals surface area contributed by atoms with Crippen LogP contribution >= 0.6 is 0 Å². The number of hydrogen-bond acceptors (Lipinski definition) is 5. The van der Waals surface area contributed by atoms with Gasteiger partial charge in [0.25, 0.3) is 12.4 Å². The number of imidazole rings is 2. The third-order valence-corrected chi connectivity index (χ3v) is 5.14. The summed E-state index contributed by atoms with van der Waals surface area (Å²) in [4.78, 5) is 35.7. The normalized spacial score (nSPS) is 15.6. The molecule has 1 fully saturated rings. The van der Waals surface area contributed by atoms with Crippen molar-refractivity contribution in [2.45, 2.75) is 12.5 Å². The van der Waals surface area contributed by atoms with E-state index < -0.39 is 0 Å². The first kappa shape index (κ1) is 19.3. The molecule has 1 atom stereocenters. The Bertz CT molecular complexity index is 1140. The zero-order valence-corrected chi connectivity index (χ0v) is 16.1. The van der Waals surface area contributed by atoms with E-state index in [-0.39, 0.29) is 12.4 Å². The van der Waals surface area contributed by atoms with Crippen LogP contribution in [0.3, 0.4) is 0 Å². The highest BCUT2D eigenvalue weighted by atomic mass is 16.3. The first-order valence-electron chi connectivity index (χ1n) is 9.43. The molecule has 3 aromatic heterocycles. The summed E-state index contributed by atoms with van der Waals surface area (Å²) in [6.45, 7) is 1.24. The molecule has 1 N–H and O–H groups in total. The third-order valence-electron chi connectivity index (χ3n) is 5.14. The van der Waals surface area contributed by atoms with E-state index in [0.717, 1.165) is 36.4 Å². The topological polar surface area (TPSA) is 106 Å². The van der Waals surface area contributed by atoms with Crippen molar-refractivity contribution >= 4 is 18.0 Å². The average molecular weight is 404 g/mol. The van der Waals surface area contributed by atoms with Crippen molar-refractivity contribution in [2.75, 3.05) is 13.1 Å². The molecule has 9 nitrogen and oxygen atoms in total. The van der Waals surface area contributed by atoms with Gasteiger partial charge in [0, 0.05) is 49.0 Å². The molecule has 1 aromatic carbocycles. The van der Waals surface area contributed by atoms with E-state index in [0.29, 0.717) is 11.6 Å². The van der Waals surface area contributed by atoms with Crippen molar-refractivity contribution in [3.05, 3.63) is 73.3 Å². The fraction of sp³-hybridized carbons (Fsp3) is 0.190.